The van der Waals surface area contributed by atoms with Crippen LogP contribution in [0.25, 0.3) is 0 Å². The number of nitrogen functional groups attached to an aromatic ring is 1. The quantitative estimate of drug-likeness (QED) is 0.767. The van der Waals surface area contributed by atoms with Crippen molar-refractivity contribution < 1.29 is 4.79 Å². The van der Waals surface area contributed by atoms with E-state index in [-0.39, 0.29) is 36.8 Å². The Balaban J connectivity index is 0.00000264. The van der Waals surface area contributed by atoms with Gasteiger partial charge in [-0.1, -0.05) is 42.5 Å². The van der Waals surface area contributed by atoms with Crippen LogP contribution in [-0.4, -0.2) is 30.4 Å². The summed E-state index contributed by atoms with van der Waals surface area (Å²) in [6.45, 7) is 3.53. The molecule has 6 heteroatoms. The van der Waals surface area contributed by atoms with Crippen molar-refractivity contribution in [2.24, 2.45) is 0 Å². The molecule has 0 spiro atoms. The summed E-state index contributed by atoms with van der Waals surface area (Å²) in [6, 6.07) is 17.6. The van der Waals surface area contributed by atoms with Gasteiger partial charge in [0.05, 0.1) is 5.56 Å². The molecule has 1 atom stereocenters. The molecule has 0 heterocycles. The number of anilines is 1. The molecule has 1 unspecified atom stereocenters. The highest BCUT2D eigenvalue weighted by molar-refractivity contribution is 5.99. The largest absolute Gasteiger partial charge is 0.398 e. The molecule has 1 amide bonds. The first-order valence-electron chi connectivity index (χ1n) is 7.45. The minimum absolute atomic E-state index is 0. The summed E-state index contributed by atoms with van der Waals surface area (Å²) in [4.78, 5) is 14.4. The van der Waals surface area contributed by atoms with E-state index in [4.69, 9.17) is 5.73 Å². The Morgan fingerprint density at radius 1 is 1.08 bits per heavy atom. The van der Waals surface area contributed by atoms with Crippen molar-refractivity contribution in [3.63, 3.8) is 0 Å². The monoisotopic (exact) mass is 369 g/mol. The summed E-state index contributed by atoms with van der Waals surface area (Å²) in [5, 5.41) is 2.95. The van der Waals surface area contributed by atoms with Crippen LogP contribution in [0.2, 0.25) is 0 Å². The molecular formula is C18H25Cl2N3O. The van der Waals surface area contributed by atoms with Gasteiger partial charge in [0.15, 0.2) is 0 Å². The van der Waals surface area contributed by atoms with Crippen LogP contribution in [0.5, 0.6) is 0 Å². The number of hydrogen-bond donors (Lipinski definition) is 2. The molecule has 0 aliphatic rings. The lowest BCUT2D eigenvalue weighted by molar-refractivity contribution is 0.0940. The van der Waals surface area contributed by atoms with Crippen molar-refractivity contribution in [3.05, 3.63) is 65.7 Å². The van der Waals surface area contributed by atoms with E-state index < -0.39 is 0 Å². The number of amides is 1. The molecule has 2 rings (SSSR count). The van der Waals surface area contributed by atoms with Crippen LogP contribution in [0.1, 0.15) is 22.8 Å². The summed E-state index contributed by atoms with van der Waals surface area (Å²) >= 11 is 0. The van der Waals surface area contributed by atoms with E-state index in [9.17, 15) is 4.79 Å². The fourth-order valence-electron chi connectivity index (χ4n) is 2.22. The van der Waals surface area contributed by atoms with Gasteiger partial charge < -0.3 is 11.1 Å². The van der Waals surface area contributed by atoms with Crippen molar-refractivity contribution in [1.82, 2.24) is 10.2 Å². The number of para-hydroxylation sites is 1. The maximum Gasteiger partial charge on any atom is 0.253 e. The van der Waals surface area contributed by atoms with Gasteiger partial charge in [0.25, 0.3) is 5.91 Å². The van der Waals surface area contributed by atoms with Gasteiger partial charge in [-0.25, -0.2) is 0 Å². The van der Waals surface area contributed by atoms with Crippen LogP contribution in [0.4, 0.5) is 5.69 Å². The van der Waals surface area contributed by atoms with E-state index in [1.165, 1.54) is 5.56 Å². The summed E-state index contributed by atoms with van der Waals surface area (Å²) in [6.07, 6.45) is 0. The van der Waals surface area contributed by atoms with Crippen molar-refractivity contribution in [1.29, 1.82) is 0 Å². The first kappa shape index (κ1) is 22.2. The molecule has 0 saturated heterocycles. The minimum atomic E-state index is -0.127. The van der Waals surface area contributed by atoms with Crippen LogP contribution in [0.3, 0.4) is 0 Å². The Morgan fingerprint density at radius 2 is 1.67 bits per heavy atom. The minimum Gasteiger partial charge on any atom is -0.398 e. The molecule has 132 valence electrons. The number of nitrogens with zero attached hydrogens (tertiary/aromatic N) is 1. The Labute approximate surface area is 156 Å². The second-order valence-corrected chi connectivity index (χ2v) is 5.55. The number of halogens is 2. The van der Waals surface area contributed by atoms with Crippen molar-refractivity contribution in [3.8, 4) is 0 Å². The first-order chi connectivity index (χ1) is 10.6. The van der Waals surface area contributed by atoms with Crippen LogP contribution < -0.4 is 11.1 Å². The van der Waals surface area contributed by atoms with Gasteiger partial charge >= 0.3 is 0 Å². The standard InChI is InChI=1S/C18H23N3O.2ClH/c1-14(21(2)13-15-8-4-3-5-9-15)12-20-18(22)16-10-6-7-11-17(16)19;;/h3-11,14H,12-13,19H2,1-2H3,(H,20,22);2*1H. The molecule has 0 aromatic heterocycles. The van der Waals surface area contributed by atoms with Crippen molar-refractivity contribution in [2.75, 3.05) is 19.3 Å². The lowest BCUT2D eigenvalue weighted by atomic mass is 10.1. The van der Waals surface area contributed by atoms with Gasteiger partial charge in [-0.05, 0) is 31.7 Å². The number of likely N-dealkylation sites (N-methyl/N-ethyl adjacent to an activating group) is 1. The predicted molar refractivity (Wildman–Crippen MR) is 105 cm³/mol. The molecule has 2 aromatic rings. The lowest BCUT2D eigenvalue weighted by Gasteiger charge is -2.25. The lowest BCUT2D eigenvalue weighted by Crippen LogP contribution is -2.40. The predicted octanol–water partition coefficient (Wildman–Crippen LogP) is 3.36. The Kier molecular flexibility index (Phi) is 10.1. The molecule has 3 N–H and O–H groups in total. The molecule has 0 aliphatic heterocycles. The SMILES string of the molecule is CC(CNC(=O)c1ccccc1N)N(C)Cc1ccccc1.Cl.Cl. The molecule has 0 radical (unpaired) electrons. The zero-order valence-electron chi connectivity index (χ0n) is 13.9. The second kappa shape index (κ2) is 10.9. The number of rotatable bonds is 6. The number of hydrogen-bond acceptors (Lipinski definition) is 3. The maximum absolute atomic E-state index is 12.1. The molecule has 4 nitrogen and oxygen atoms in total. The summed E-state index contributed by atoms with van der Waals surface area (Å²) in [7, 11) is 2.06. The summed E-state index contributed by atoms with van der Waals surface area (Å²) < 4.78 is 0. The fraction of sp³-hybridized carbons (Fsp3) is 0.278. The molecule has 2 aromatic carbocycles. The maximum atomic E-state index is 12.1. The van der Waals surface area contributed by atoms with Gasteiger partial charge in [0.2, 0.25) is 0 Å². The highest BCUT2D eigenvalue weighted by Gasteiger charge is 2.13. The third-order valence-corrected chi connectivity index (χ3v) is 3.79. The van der Waals surface area contributed by atoms with E-state index in [1.807, 2.05) is 30.3 Å². The van der Waals surface area contributed by atoms with Gasteiger partial charge in [-0.2, -0.15) is 0 Å². The van der Waals surface area contributed by atoms with E-state index in [0.717, 1.165) is 6.54 Å². The highest BCUT2D eigenvalue weighted by Crippen LogP contribution is 2.10. The van der Waals surface area contributed by atoms with Crippen LogP contribution in [0, 0.1) is 0 Å². The smallest absolute Gasteiger partial charge is 0.253 e. The Hall–Kier alpha value is -1.75. The summed E-state index contributed by atoms with van der Waals surface area (Å²) in [5.74, 6) is -0.127. The second-order valence-electron chi connectivity index (χ2n) is 5.55. The zero-order valence-corrected chi connectivity index (χ0v) is 15.6. The van der Waals surface area contributed by atoms with Gasteiger partial charge in [-0.15, -0.1) is 24.8 Å². The zero-order chi connectivity index (χ0) is 15.9. The number of nitrogens with one attached hydrogen (secondary N) is 1. The summed E-state index contributed by atoms with van der Waals surface area (Å²) in [5.41, 5.74) is 8.11. The Morgan fingerprint density at radius 3 is 2.29 bits per heavy atom. The number of nitrogens with two attached hydrogens (primary N) is 1. The van der Waals surface area contributed by atoms with Crippen LogP contribution >= 0.6 is 24.8 Å². The third kappa shape index (κ3) is 6.40. The van der Waals surface area contributed by atoms with Crippen molar-refractivity contribution >= 4 is 36.4 Å². The van der Waals surface area contributed by atoms with Gasteiger partial charge in [-0.3, -0.25) is 9.69 Å². The molecule has 0 aliphatic carbocycles. The van der Waals surface area contributed by atoms with E-state index >= 15 is 0 Å². The van der Waals surface area contributed by atoms with E-state index in [1.54, 1.807) is 12.1 Å². The van der Waals surface area contributed by atoms with E-state index in [2.05, 4.69) is 36.3 Å². The fourth-order valence-corrected chi connectivity index (χ4v) is 2.22. The average Bonchev–Trinajstić information content (AvgIpc) is 2.53. The topological polar surface area (TPSA) is 58.4 Å². The van der Waals surface area contributed by atoms with Gasteiger partial charge in [0.1, 0.15) is 0 Å². The molecule has 24 heavy (non-hydrogen) atoms. The van der Waals surface area contributed by atoms with E-state index in [0.29, 0.717) is 17.8 Å². The number of benzene rings is 2. The third-order valence-electron chi connectivity index (χ3n) is 3.79. The van der Waals surface area contributed by atoms with Crippen LogP contribution in [0.15, 0.2) is 54.6 Å². The Bertz CT molecular complexity index is 623. The first-order valence-corrected chi connectivity index (χ1v) is 7.45. The van der Waals surface area contributed by atoms with Crippen LogP contribution in [-0.2, 0) is 6.54 Å². The molecular weight excluding hydrogens is 345 g/mol. The van der Waals surface area contributed by atoms with Crippen molar-refractivity contribution in [2.45, 2.75) is 19.5 Å². The molecule has 0 saturated carbocycles. The number of carbonyl (C=O) groups excluding carboxylic acids is 1. The molecule has 0 fully saturated rings. The number of carbonyl (C=O) groups is 1. The molecule has 0 bridgehead atoms. The van der Waals surface area contributed by atoms with Gasteiger partial charge in [0, 0.05) is 24.8 Å². The highest BCUT2D eigenvalue weighted by atomic mass is 35.5. The normalized spacial score (nSPS) is 11.1. The average molecular weight is 370 g/mol.